The van der Waals surface area contributed by atoms with Crippen LogP contribution in [0.5, 0.6) is 0 Å². The van der Waals surface area contributed by atoms with E-state index in [4.69, 9.17) is 0 Å². The molecule has 0 aromatic rings. The van der Waals surface area contributed by atoms with E-state index in [2.05, 4.69) is 41.3 Å². The van der Waals surface area contributed by atoms with Crippen molar-refractivity contribution >= 4 is 0 Å². The predicted molar refractivity (Wildman–Crippen MR) is 114 cm³/mol. The van der Waals surface area contributed by atoms with Crippen LogP contribution in [0.4, 0.5) is 0 Å². The maximum Gasteiger partial charge on any atom is 0.0206 e. The molecule has 4 fully saturated rings. The molecule has 26 heavy (non-hydrogen) atoms. The summed E-state index contributed by atoms with van der Waals surface area (Å²) >= 11 is 0. The Morgan fingerprint density at radius 1 is 0.808 bits per heavy atom. The van der Waals surface area contributed by atoms with Gasteiger partial charge in [0.05, 0.1) is 0 Å². The van der Waals surface area contributed by atoms with Gasteiger partial charge < -0.3 is 20.4 Å². The van der Waals surface area contributed by atoms with Crippen LogP contribution < -0.4 is 10.6 Å². The van der Waals surface area contributed by atoms with Crippen LogP contribution >= 0.6 is 0 Å². The summed E-state index contributed by atoms with van der Waals surface area (Å²) in [4.78, 5) is 5.05. The molecule has 2 spiro atoms. The van der Waals surface area contributed by atoms with Crippen molar-refractivity contribution in [1.82, 2.24) is 20.4 Å². The summed E-state index contributed by atoms with van der Waals surface area (Å²) in [6.07, 6.45) is 9.78. The van der Waals surface area contributed by atoms with Crippen molar-refractivity contribution in [3.63, 3.8) is 0 Å². The number of hydrogen-bond donors (Lipinski definition) is 2. The van der Waals surface area contributed by atoms with Crippen LogP contribution in [-0.4, -0.2) is 74.2 Å². The molecule has 4 aliphatic rings. The van der Waals surface area contributed by atoms with Crippen molar-refractivity contribution in [1.29, 1.82) is 0 Å². The Morgan fingerprint density at radius 2 is 1.46 bits per heavy atom. The molecule has 4 saturated heterocycles. The highest BCUT2D eigenvalue weighted by atomic mass is 15.2. The minimum Gasteiger partial charge on any atom is -0.316 e. The summed E-state index contributed by atoms with van der Waals surface area (Å²) in [7, 11) is 2.23. The highest BCUT2D eigenvalue weighted by Crippen LogP contribution is 2.36. The summed E-state index contributed by atoms with van der Waals surface area (Å²) in [5.74, 6) is 0. The molecule has 0 aromatic heterocycles. The third kappa shape index (κ3) is 5.92. The van der Waals surface area contributed by atoms with Crippen LogP contribution in [0.15, 0.2) is 0 Å². The van der Waals surface area contributed by atoms with E-state index in [1.54, 1.807) is 0 Å². The summed E-state index contributed by atoms with van der Waals surface area (Å²) in [6.45, 7) is 17.6. The molecule has 4 heteroatoms. The third-order valence-corrected chi connectivity index (χ3v) is 7.20. The molecular formula is C22H46N4. The largest absolute Gasteiger partial charge is 0.316 e. The average molecular weight is 367 g/mol. The number of nitrogens with one attached hydrogen (secondary N) is 2. The highest BCUT2D eigenvalue weighted by molar-refractivity contribution is 4.97. The first-order valence-electron chi connectivity index (χ1n) is 11.4. The quantitative estimate of drug-likeness (QED) is 0.745. The van der Waals surface area contributed by atoms with Crippen LogP contribution in [0.25, 0.3) is 0 Å². The lowest BCUT2D eigenvalue weighted by Crippen LogP contribution is -2.51. The van der Waals surface area contributed by atoms with Gasteiger partial charge in [-0.3, -0.25) is 0 Å². The molecule has 0 aliphatic carbocycles. The van der Waals surface area contributed by atoms with E-state index in [9.17, 15) is 0 Å². The molecule has 0 aromatic carbocycles. The zero-order valence-electron chi connectivity index (χ0n) is 18.4. The maximum absolute atomic E-state index is 3.70. The van der Waals surface area contributed by atoms with Gasteiger partial charge in [0.25, 0.3) is 0 Å². The molecule has 2 N–H and O–H groups in total. The van der Waals surface area contributed by atoms with Crippen molar-refractivity contribution in [3.8, 4) is 0 Å². The van der Waals surface area contributed by atoms with E-state index in [1.165, 1.54) is 90.8 Å². The Morgan fingerprint density at radius 3 is 1.92 bits per heavy atom. The van der Waals surface area contributed by atoms with Gasteiger partial charge in [-0.15, -0.1) is 0 Å². The minimum atomic E-state index is 0.547. The molecule has 0 unspecified atom stereocenters. The van der Waals surface area contributed by atoms with Crippen molar-refractivity contribution in [2.24, 2.45) is 5.41 Å². The maximum atomic E-state index is 3.70. The Bertz CT molecular complexity index is 364. The minimum absolute atomic E-state index is 0.547. The Kier molecular flexibility index (Phi) is 8.85. The zero-order valence-corrected chi connectivity index (χ0v) is 18.4. The van der Waals surface area contributed by atoms with Gasteiger partial charge >= 0.3 is 0 Å². The van der Waals surface area contributed by atoms with E-state index in [-0.39, 0.29) is 0 Å². The molecule has 4 aliphatic heterocycles. The third-order valence-electron chi connectivity index (χ3n) is 7.20. The molecule has 4 nitrogen and oxygen atoms in total. The molecule has 0 atom stereocenters. The molecule has 0 bridgehead atoms. The van der Waals surface area contributed by atoms with Gasteiger partial charge in [0.1, 0.15) is 0 Å². The van der Waals surface area contributed by atoms with Crippen LogP contribution in [0.2, 0.25) is 0 Å². The summed E-state index contributed by atoms with van der Waals surface area (Å²) in [5.41, 5.74) is 1.25. The van der Waals surface area contributed by atoms with E-state index >= 15 is 0 Å². The van der Waals surface area contributed by atoms with Crippen LogP contribution in [0, 0.1) is 5.41 Å². The lowest BCUT2D eigenvalue weighted by molar-refractivity contribution is 0.121. The van der Waals surface area contributed by atoms with Crippen molar-refractivity contribution < 1.29 is 0 Å². The fraction of sp³-hybridized carbons (Fsp3) is 1.00. The van der Waals surface area contributed by atoms with Gasteiger partial charge in [0.15, 0.2) is 0 Å². The topological polar surface area (TPSA) is 30.5 Å². The molecule has 4 rings (SSSR count). The first-order chi connectivity index (χ1) is 12.5. The van der Waals surface area contributed by atoms with E-state index in [0.29, 0.717) is 11.0 Å². The monoisotopic (exact) mass is 366 g/mol. The number of rotatable bonds is 1. The summed E-state index contributed by atoms with van der Waals surface area (Å²) < 4.78 is 0. The number of piperidine rings is 2. The van der Waals surface area contributed by atoms with Crippen molar-refractivity contribution in [3.05, 3.63) is 0 Å². The lowest BCUT2D eigenvalue weighted by Gasteiger charge is -2.41. The van der Waals surface area contributed by atoms with Crippen LogP contribution in [-0.2, 0) is 0 Å². The second-order valence-electron chi connectivity index (χ2n) is 9.17. The zero-order chi connectivity index (χ0) is 19.0. The lowest BCUT2D eigenvalue weighted by atomic mass is 9.78. The molecule has 0 radical (unpaired) electrons. The molecule has 154 valence electrons. The van der Waals surface area contributed by atoms with Crippen LogP contribution in [0.1, 0.15) is 72.6 Å². The van der Waals surface area contributed by atoms with E-state index < -0.39 is 0 Å². The smallest absolute Gasteiger partial charge is 0.0206 e. The number of likely N-dealkylation sites (tertiary alicyclic amines) is 2. The van der Waals surface area contributed by atoms with E-state index in [1.807, 2.05) is 13.8 Å². The fourth-order valence-electron chi connectivity index (χ4n) is 5.08. The molecule has 0 saturated carbocycles. The Hall–Kier alpha value is -0.160. The predicted octanol–water partition coefficient (Wildman–Crippen LogP) is 3.33. The average Bonchev–Trinajstić information content (AvgIpc) is 3.31. The van der Waals surface area contributed by atoms with Crippen molar-refractivity contribution in [2.75, 3.05) is 52.9 Å². The van der Waals surface area contributed by atoms with Gasteiger partial charge in [-0.25, -0.2) is 0 Å². The summed E-state index contributed by atoms with van der Waals surface area (Å²) in [6, 6.07) is 0.735. The van der Waals surface area contributed by atoms with Gasteiger partial charge in [-0.1, -0.05) is 13.8 Å². The fourth-order valence-corrected chi connectivity index (χ4v) is 5.08. The van der Waals surface area contributed by atoms with Crippen LogP contribution in [0.3, 0.4) is 0 Å². The first-order valence-corrected chi connectivity index (χ1v) is 11.4. The number of hydrogen-bond acceptors (Lipinski definition) is 4. The van der Waals surface area contributed by atoms with Gasteiger partial charge in [0, 0.05) is 31.2 Å². The van der Waals surface area contributed by atoms with Gasteiger partial charge in [-0.05, 0) is 97.4 Å². The second kappa shape index (κ2) is 10.4. The summed E-state index contributed by atoms with van der Waals surface area (Å²) in [5, 5.41) is 7.18. The second-order valence-corrected chi connectivity index (χ2v) is 9.17. The standard InChI is InChI=1S/C11H22N2.C9H18N2.C2H6/c1-10(2)13-8-5-11(6-9-13)4-3-7-12-11;1-11-6-3-9(4-7-11)2-5-10-8-9;1-2/h10,12H,3-9H2,1-2H3;10H,2-8H2,1H3;1-2H3. The van der Waals surface area contributed by atoms with E-state index in [0.717, 1.165) is 6.04 Å². The molecular weight excluding hydrogens is 320 g/mol. The van der Waals surface area contributed by atoms with Gasteiger partial charge in [0.2, 0.25) is 0 Å². The SMILES string of the molecule is CC.CC(C)N1CCC2(CCCN2)CC1.CN1CCC2(CCNC2)CC1. The highest BCUT2D eigenvalue weighted by Gasteiger charge is 2.37. The first kappa shape index (κ1) is 22.1. The Balaban J connectivity index is 0.000000173. The normalized spacial score (nSPS) is 27.9. The van der Waals surface area contributed by atoms with Gasteiger partial charge in [-0.2, -0.15) is 0 Å². The number of nitrogens with zero attached hydrogens (tertiary/aromatic N) is 2. The van der Waals surface area contributed by atoms with Crippen molar-refractivity contribution in [2.45, 2.75) is 84.2 Å². The molecule has 0 amide bonds. The molecule has 4 heterocycles. The Labute approximate surface area is 163 Å².